The lowest BCUT2D eigenvalue weighted by Gasteiger charge is -2.14. The molecule has 0 saturated heterocycles. The zero-order chi connectivity index (χ0) is 9.40. The van der Waals surface area contributed by atoms with Crippen LogP contribution in [0.25, 0.3) is 0 Å². The molecular formula is C11H23N. The van der Waals surface area contributed by atoms with Gasteiger partial charge < -0.3 is 5.32 Å². The van der Waals surface area contributed by atoms with E-state index in [0.29, 0.717) is 0 Å². The smallest absolute Gasteiger partial charge is 0.00113 e. The molecule has 72 valence electrons. The monoisotopic (exact) mass is 169 g/mol. The summed E-state index contributed by atoms with van der Waals surface area (Å²) in [4.78, 5) is 0. The first-order valence-electron chi connectivity index (χ1n) is 5.02. The summed E-state index contributed by atoms with van der Waals surface area (Å²) in [5.41, 5.74) is 0. The van der Waals surface area contributed by atoms with E-state index < -0.39 is 0 Å². The Hall–Kier alpha value is -0.300. The van der Waals surface area contributed by atoms with E-state index >= 15 is 0 Å². The van der Waals surface area contributed by atoms with Gasteiger partial charge in [-0.25, -0.2) is 0 Å². The van der Waals surface area contributed by atoms with Crippen LogP contribution in [-0.2, 0) is 0 Å². The Morgan fingerprint density at radius 3 is 2.42 bits per heavy atom. The highest BCUT2D eigenvalue weighted by Crippen LogP contribution is 2.12. The summed E-state index contributed by atoms with van der Waals surface area (Å²) in [6.45, 7) is 7.85. The van der Waals surface area contributed by atoms with Crippen LogP contribution in [0, 0.1) is 11.8 Å². The van der Waals surface area contributed by atoms with Gasteiger partial charge in [0, 0.05) is 6.54 Å². The molecule has 0 radical (unpaired) electrons. The molecule has 1 unspecified atom stereocenters. The molecule has 1 heteroatoms. The van der Waals surface area contributed by atoms with Crippen LogP contribution in [0.15, 0.2) is 12.2 Å². The number of rotatable bonds is 6. The summed E-state index contributed by atoms with van der Waals surface area (Å²) in [5.74, 6) is 1.51. The first-order chi connectivity index (χ1) is 5.70. The maximum atomic E-state index is 3.23. The van der Waals surface area contributed by atoms with Crippen molar-refractivity contribution < 1.29 is 0 Å². The molecule has 1 atom stereocenters. The van der Waals surface area contributed by atoms with Crippen LogP contribution < -0.4 is 5.32 Å². The predicted molar refractivity (Wildman–Crippen MR) is 56.3 cm³/mol. The van der Waals surface area contributed by atoms with E-state index in [9.17, 15) is 0 Å². The quantitative estimate of drug-likeness (QED) is 0.603. The Balaban J connectivity index is 3.77. The molecule has 0 amide bonds. The van der Waals surface area contributed by atoms with Crippen LogP contribution in [0.5, 0.6) is 0 Å². The van der Waals surface area contributed by atoms with Crippen LogP contribution in [0.3, 0.4) is 0 Å². The summed E-state index contributed by atoms with van der Waals surface area (Å²) in [5, 5.41) is 3.23. The molecule has 0 aliphatic rings. The maximum absolute atomic E-state index is 3.23. The van der Waals surface area contributed by atoms with Gasteiger partial charge in [-0.15, -0.1) is 0 Å². The van der Waals surface area contributed by atoms with Crippen molar-refractivity contribution in [1.82, 2.24) is 5.32 Å². The van der Waals surface area contributed by atoms with Gasteiger partial charge in [0.1, 0.15) is 0 Å². The Kier molecular flexibility index (Phi) is 7.17. The largest absolute Gasteiger partial charge is 0.319 e. The van der Waals surface area contributed by atoms with Crippen molar-refractivity contribution in [2.24, 2.45) is 11.8 Å². The fourth-order valence-electron chi connectivity index (χ4n) is 1.43. The van der Waals surface area contributed by atoms with Gasteiger partial charge in [-0.1, -0.05) is 32.9 Å². The van der Waals surface area contributed by atoms with Gasteiger partial charge in [-0.05, 0) is 31.7 Å². The van der Waals surface area contributed by atoms with E-state index in [1.807, 2.05) is 7.05 Å². The second-order valence-corrected chi connectivity index (χ2v) is 3.78. The molecule has 1 nitrogen and oxygen atoms in total. The van der Waals surface area contributed by atoms with Crippen molar-refractivity contribution >= 4 is 0 Å². The highest BCUT2D eigenvalue weighted by atomic mass is 14.8. The van der Waals surface area contributed by atoms with Crippen molar-refractivity contribution in [2.45, 2.75) is 33.6 Å². The topological polar surface area (TPSA) is 12.0 Å². The standard InChI is InChI=1S/C11H23N/c1-5-6-7-11(9-12-4)8-10(2)3/h6-7,10-12H,5,8-9H2,1-4H3. The Morgan fingerprint density at radius 1 is 1.33 bits per heavy atom. The highest BCUT2D eigenvalue weighted by Gasteiger charge is 2.05. The molecule has 0 aromatic carbocycles. The molecule has 0 bridgehead atoms. The molecule has 12 heavy (non-hydrogen) atoms. The van der Waals surface area contributed by atoms with Gasteiger partial charge >= 0.3 is 0 Å². The summed E-state index contributed by atoms with van der Waals surface area (Å²) in [6, 6.07) is 0. The predicted octanol–water partition coefficient (Wildman–Crippen LogP) is 2.83. The molecule has 0 aromatic heterocycles. The third-order valence-corrected chi connectivity index (χ3v) is 1.88. The summed E-state index contributed by atoms with van der Waals surface area (Å²) < 4.78 is 0. The van der Waals surface area contributed by atoms with E-state index in [2.05, 4.69) is 38.2 Å². The average Bonchev–Trinajstić information content (AvgIpc) is 2.00. The second-order valence-electron chi connectivity index (χ2n) is 3.78. The van der Waals surface area contributed by atoms with Gasteiger partial charge in [0.05, 0.1) is 0 Å². The molecule has 0 spiro atoms. The van der Waals surface area contributed by atoms with Gasteiger partial charge in [0.2, 0.25) is 0 Å². The number of hydrogen-bond acceptors (Lipinski definition) is 1. The first kappa shape index (κ1) is 11.7. The molecule has 0 rings (SSSR count). The minimum absolute atomic E-state index is 0.718. The molecule has 0 aromatic rings. The lowest BCUT2D eigenvalue weighted by molar-refractivity contribution is 0.460. The van der Waals surface area contributed by atoms with Gasteiger partial charge in [-0.3, -0.25) is 0 Å². The zero-order valence-corrected chi connectivity index (χ0v) is 8.93. The molecule has 0 saturated carbocycles. The lowest BCUT2D eigenvalue weighted by Crippen LogP contribution is -2.18. The minimum Gasteiger partial charge on any atom is -0.319 e. The van der Waals surface area contributed by atoms with Crippen LogP contribution in [0.2, 0.25) is 0 Å². The number of nitrogens with one attached hydrogen (secondary N) is 1. The van der Waals surface area contributed by atoms with E-state index in [1.165, 1.54) is 6.42 Å². The highest BCUT2D eigenvalue weighted by molar-refractivity contribution is 4.88. The minimum atomic E-state index is 0.718. The Labute approximate surface area is 77.2 Å². The molecule has 0 aliphatic heterocycles. The summed E-state index contributed by atoms with van der Waals surface area (Å²) in [6.07, 6.45) is 7.05. The average molecular weight is 169 g/mol. The molecule has 0 aliphatic carbocycles. The van der Waals surface area contributed by atoms with Crippen LogP contribution in [0.4, 0.5) is 0 Å². The first-order valence-corrected chi connectivity index (χ1v) is 5.02. The summed E-state index contributed by atoms with van der Waals surface area (Å²) in [7, 11) is 2.02. The summed E-state index contributed by atoms with van der Waals surface area (Å²) >= 11 is 0. The van der Waals surface area contributed by atoms with Crippen molar-refractivity contribution in [3.8, 4) is 0 Å². The third-order valence-electron chi connectivity index (χ3n) is 1.88. The van der Waals surface area contributed by atoms with Crippen LogP contribution in [0.1, 0.15) is 33.6 Å². The lowest BCUT2D eigenvalue weighted by atomic mass is 9.96. The van der Waals surface area contributed by atoms with Crippen molar-refractivity contribution in [3.05, 3.63) is 12.2 Å². The van der Waals surface area contributed by atoms with E-state index in [4.69, 9.17) is 0 Å². The van der Waals surface area contributed by atoms with E-state index in [1.54, 1.807) is 0 Å². The SMILES string of the molecule is CCC=CC(CNC)CC(C)C. The normalized spacial score (nSPS) is 14.4. The number of hydrogen-bond donors (Lipinski definition) is 1. The van der Waals surface area contributed by atoms with Crippen LogP contribution in [-0.4, -0.2) is 13.6 Å². The van der Waals surface area contributed by atoms with Gasteiger partial charge in [0.15, 0.2) is 0 Å². The zero-order valence-electron chi connectivity index (χ0n) is 8.93. The fourth-order valence-corrected chi connectivity index (χ4v) is 1.43. The molecule has 0 heterocycles. The Bertz CT molecular complexity index is 116. The second kappa shape index (κ2) is 7.35. The van der Waals surface area contributed by atoms with E-state index in [0.717, 1.165) is 24.8 Å². The van der Waals surface area contributed by atoms with E-state index in [-0.39, 0.29) is 0 Å². The Morgan fingerprint density at radius 2 is 2.00 bits per heavy atom. The van der Waals surface area contributed by atoms with Gasteiger partial charge in [-0.2, -0.15) is 0 Å². The molecule has 1 N–H and O–H groups in total. The van der Waals surface area contributed by atoms with Crippen molar-refractivity contribution in [2.75, 3.05) is 13.6 Å². The van der Waals surface area contributed by atoms with Gasteiger partial charge in [0.25, 0.3) is 0 Å². The van der Waals surface area contributed by atoms with Crippen molar-refractivity contribution in [3.63, 3.8) is 0 Å². The molecule has 0 fully saturated rings. The molecular weight excluding hydrogens is 146 g/mol. The maximum Gasteiger partial charge on any atom is 0.00113 e. The van der Waals surface area contributed by atoms with Crippen molar-refractivity contribution in [1.29, 1.82) is 0 Å². The van der Waals surface area contributed by atoms with Crippen LogP contribution >= 0.6 is 0 Å². The fraction of sp³-hybridized carbons (Fsp3) is 0.818. The third kappa shape index (κ3) is 6.41. The number of allylic oxidation sites excluding steroid dienone is 1.